The summed E-state index contributed by atoms with van der Waals surface area (Å²) in [6, 6.07) is 21.9. The van der Waals surface area contributed by atoms with Crippen molar-refractivity contribution in [3.8, 4) is 5.75 Å². The van der Waals surface area contributed by atoms with Gasteiger partial charge in [0, 0.05) is 25.6 Å². The van der Waals surface area contributed by atoms with E-state index < -0.39 is 56.0 Å². The number of phosphoric ester groups is 1. The van der Waals surface area contributed by atoms with E-state index in [1.54, 1.807) is 18.7 Å². The van der Waals surface area contributed by atoms with Crippen LogP contribution in [0.25, 0.3) is 0 Å². The van der Waals surface area contributed by atoms with E-state index in [1.807, 2.05) is 107 Å². The Labute approximate surface area is 377 Å². The van der Waals surface area contributed by atoms with Crippen LogP contribution in [0, 0.1) is 25.2 Å². The molecule has 0 aromatic heterocycles. The van der Waals surface area contributed by atoms with Gasteiger partial charge in [-0.2, -0.15) is 0 Å². The van der Waals surface area contributed by atoms with Gasteiger partial charge in [0.2, 0.25) is 5.91 Å². The van der Waals surface area contributed by atoms with Gasteiger partial charge in [-0.1, -0.05) is 107 Å². The van der Waals surface area contributed by atoms with Crippen molar-refractivity contribution < 1.29 is 47.5 Å². The number of para-hydroxylation sites is 1. The van der Waals surface area contributed by atoms with Crippen LogP contribution in [0.4, 0.5) is 4.79 Å². The van der Waals surface area contributed by atoms with Gasteiger partial charge in [0.1, 0.15) is 17.9 Å². The molecule has 16 heteroatoms. The van der Waals surface area contributed by atoms with Crippen LogP contribution in [-0.4, -0.2) is 117 Å². The summed E-state index contributed by atoms with van der Waals surface area (Å²) in [5.41, 5.74) is 2.32. The molecule has 1 fully saturated rings. The van der Waals surface area contributed by atoms with Crippen LogP contribution >= 0.6 is 7.82 Å². The average molecular weight is 861 g/mol. The van der Waals surface area contributed by atoms with Crippen LogP contribution in [-0.2, 0) is 41.1 Å². The molecule has 3 aromatic carbocycles. The maximum Gasteiger partial charge on any atom is 2.00 e. The average Bonchev–Trinajstić information content (AvgIpc) is 3.14. The topological polar surface area (TPSA) is 198 Å². The summed E-state index contributed by atoms with van der Waals surface area (Å²) in [4.78, 5) is 78.9. The quantitative estimate of drug-likeness (QED) is 0.0806. The molecule has 1 heterocycles. The monoisotopic (exact) mass is 860 g/mol. The number of carbonyl (C=O) groups excluding carboxylic acids is 4. The van der Waals surface area contributed by atoms with Crippen LogP contribution in [0.1, 0.15) is 69.2 Å². The number of nitrogens with zero attached hydrogens (tertiary/aromatic N) is 1. The van der Waals surface area contributed by atoms with Gasteiger partial charge in [0.25, 0.3) is 5.91 Å². The number of phosphoric acid groups is 1. The Morgan fingerprint density at radius 2 is 1.49 bits per heavy atom. The first-order valence-electron chi connectivity index (χ1n) is 19.7. The van der Waals surface area contributed by atoms with E-state index in [1.165, 1.54) is 0 Å². The van der Waals surface area contributed by atoms with Crippen molar-refractivity contribution in [2.24, 2.45) is 11.3 Å². The van der Waals surface area contributed by atoms with E-state index in [2.05, 4.69) is 20.5 Å². The molecular weight excluding hydrogens is 804 g/mol. The maximum absolute atomic E-state index is 14.3. The van der Waals surface area contributed by atoms with Crippen LogP contribution < -0.4 is 30.5 Å². The van der Waals surface area contributed by atoms with Crippen LogP contribution in [0.15, 0.2) is 78.9 Å². The Bertz CT molecular complexity index is 1860. The fourth-order valence-electron chi connectivity index (χ4n) is 7.13. The van der Waals surface area contributed by atoms with Gasteiger partial charge in [-0.05, 0) is 66.7 Å². The summed E-state index contributed by atoms with van der Waals surface area (Å²) in [6.45, 7) is 10.7. The van der Waals surface area contributed by atoms with Crippen molar-refractivity contribution in [2.45, 2.75) is 97.9 Å². The smallest absolute Gasteiger partial charge is 0.790 e. The van der Waals surface area contributed by atoms with Gasteiger partial charge in [-0.15, -0.1) is 0 Å². The summed E-state index contributed by atoms with van der Waals surface area (Å²) in [5, 5.41) is 9.05. The van der Waals surface area contributed by atoms with E-state index in [9.17, 15) is 33.5 Å². The molecule has 316 valence electrons. The first-order valence-corrected chi connectivity index (χ1v) is 21.1. The molecule has 0 bridgehead atoms. The van der Waals surface area contributed by atoms with Crippen molar-refractivity contribution >= 4 is 69.4 Å². The van der Waals surface area contributed by atoms with Gasteiger partial charge in [-0.25, -0.2) is 4.79 Å². The fourth-order valence-corrected chi connectivity index (χ4v) is 7.64. The number of amides is 4. The molecule has 4 rings (SSSR count). The summed E-state index contributed by atoms with van der Waals surface area (Å²) in [5.74, 6) is -1.24. The molecule has 0 saturated carbocycles. The zero-order chi connectivity index (χ0) is 42.5. The number of benzene rings is 3. The standard InChI is InChI=1S/C43H59N4O10P.Ca/c1-29(2)39(47-22-14-21-44-42(47)51)41(50)45-34(23-32-17-9-7-10-18-32)25-36(57-38(49)26-43(5,6)28-56-58(52,53)54)35(24-33-19-11-8-12-20-33)46-37(48)27-55-40-30(3)15-13-16-31(40)4;/h7-13,15-20,29,34-36,39H,14,21-28H2,1-6H3,(H,44,51)(H,45,50)(H,46,48)(H2,52,53,54);/q;+2/p-2/t34-,35-,36-,39-;/m0./s1. The number of urea groups is 1. The number of ether oxygens (including phenoxy) is 2. The van der Waals surface area contributed by atoms with Gasteiger partial charge in [-0.3, -0.25) is 14.4 Å². The third kappa shape index (κ3) is 16.8. The van der Waals surface area contributed by atoms with E-state index in [0.717, 1.165) is 22.3 Å². The molecule has 59 heavy (non-hydrogen) atoms. The molecule has 0 radical (unpaired) electrons. The molecule has 3 aromatic rings. The molecule has 1 saturated heterocycles. The number of hydrogen-bond acceptors (Lipinski definition) is 10. The molecule has 14 nitrogen and oxygen atoms in total. The molecule has 1 aliphatic rings. The van der Waals surface area contributed by atoms with Gasteiger partial charge in [0.15, 0.2) is 6.61 Å². The third-order valence-corrected chi connectivity index (χ3v) is 10.4. The summed E-state index contributed by atoms with van der Waals surface area (Å²) >= 11 is 0. The number of carbonyl (C=O) groups is 4. The van der Waals surface area contributed by atoms with Crippen molar-refractivity contribution in [1.29, 1.82) is 0 Å². The summed E-state index contributed by atoms with van der Waals surface area (Å²) < 4.78 is 28.0. The second kappa shape index (κ2) is 23.5. The van der Waals surface area contributed by atoms with Crippen molar-refractivity contribution in [2.75, 3.05) is 26.3 Å². The van der Waals surface area contributed by atoms with Gasteiger partial charge < -0.3 is 49.2 Å². The third-order valence-electron chi connectivity index (χ3n) is 9.91. The zero-order valence-corrected chi connectivity index (χ0v) is 38.0. The van der Waals surface area contributed by atoms with Crippen LogP contribution in [0.3, 0.4) is 0 Å². The first-order chi connectivity index (χ1) is 27.4. The van der Waals surface area contributed by atoms with E-state index >= 15 is 0 Å². The number of esters is 1. The molecule has 0 aliphatic carbocycles. The molecule has 4 atom stereocenters. The fraction of sp³-hybridized carbons (Fsp3) is 0.488. The van der Waals surface area contributed by atoms with Crippen molar-refractivity contribution in [3.63, 3.8) is 0 Å². The van der Waals surface area contributed by atoms with Crippen LogP contribution in [0.2, 0.25) is 0 Å². The van der Waals surface area contributed by atoms with Gasteiger partial charge >= 0.3 is 49.7 Å². The first kappa shape index (κ1) is 49.9. The molecule has 0 spiro atoms. The normalized spacial score (nSPS) is 15.2. The second-order valence-corrected chi connectivity index (χ2v) is 17.2. The number of aryl methyl sites for hydroxylation is 2. The van der Waals surface area contributed by atoms with Crippen molar-refractivity contribution in [1.82, 2.24) is 20.9 Å². The van der Waals surface area contributed by atoms with Crippen LogP contribution in [0.5, 0.6) is 5.75 Å². The Kier molecular flexibility index (Phi) is 19.9. The zero-order valence-electron chi connectivity index (χ0n) is 34.9. The number of nitrogens with one attached hydrogen (secondary N) is 3. The predicted molar refractivity (Wildman–Crippen MR) is 221 cm³/mol. The molecule has 1 aliphatic heterocycles. The van der Waals surface area contributed by atoms with E-state index in [4.69, 9.17) is 9.47 Å². The Morgan fingerprint density at radius 1 is 0.898 bits per heavy atom. The summed E-state index contributed by atoms with van der Waals surface area (Å²) in [7, 11) is -5.32. The minimum atomic E-state index is -5.32. The Balaban J connectivity index is 0.00000930. The Morgan fingerprint density at radius 3 is 2.05 bits per heavy atom. The second-order valence-electron chi connectivity index (χ2n) is 16.1. The largest absolute Gasteiger partial charge is 2.00 e. The minimum absolute atomic E-state index is 0. The maximum atomic E-state index is 14.3. The molecular formula is C43H57CaN4O10P. The van der Waals surface area contributed by atoms with E-state index in [0.29, 0.717) is 31.7 Å². The van der Waals surface area contributed by atoms with Crippen molar-refractivity contribution in [3.05, 3.63) is 101 Å². The minimum Gasteiger partial charge on any atom is -0.790 e. The summed E-state index contributed by atoms with van der Waals surface area (Å²) in [6.07, 6.45) is -0.119. The molecule has 3 N–H and O–H groups in total. The van der Waals surface area contributed by atoms with Gasteiger partial charge in [0.05, 0.1) is 26.9 Å². The predicted octanol–water partition coefficient (Wildman–Crippen LogP) is 3.76. The SMILES string of the molecule is Cc1cccc(C)c1OCC(=O)N[C@@H](Cc1ccccc1)[C@H](C[C@H](Cc1ccccc1)NC(=O)[C@H](C(C)C)N1CCCNC1=O)OC(=O)CC(C)(C)COP(=O)([O-])[O-].[Ca+2]. The Hall–Kier alpha value is -3.49. The molecule has 4 amide bonds. The number of rotatable bonds is 21. The van der Waals surface area contributed by atoms with E-state index in [-0.39, 0.29) is 81.5 Å². The number of hydrogen-bond donors (Lipinski definition) is 3. The molecule has 0 unspecified atom stereocenters.